The summed E-state index contributed by atoms with van der Waals surface area (Å²) in [4.78, 5) is 11.6. The normalized spacial score (nSPS) is 18.6. The number of aliphatic carboxylic acids is 1. The van der Waals surface area contributed by atoms with Gasteiger partial charge in [0.1, 0.15) is 11.6 Å². The van der Waals surface area contributed by atoms with Crippen LogP contribution in [0.4, 0.5) is 4.39 Å². The zero-order valence-electron chi connectivity index (χ0n) is 10.4. The molecule has 0 bridgehead atoms. The van der Waals surface area contributed by atoms with Gasteiger partial charge >= 0.3 is 5.97 Å². The first kappa shape index (κ1) is 12.9. The maximum absolute atomic E-state index is 14.0. The van der Waals surface area contributed by atoms with Gasteiger partial charge in [0.15, 0.2) is 0 Å². The van der Waals surface area contributed by atoms with Crippen molar-refractivity contribution in [3.05, 3.63) is 29.1 Å². The Kier molecular flexibility index (Phi) is 3.28. The van der Waals surface area contributed by atoms with Crippen LogP contribution in [0.3, 0.4) is 0 Å². The quantitative estimate of drug-likeness (QED) is 0.850. The highest BCUT2D eigenvalue weighted by molar-refractivity contribution is 5.82. The first-order valence-electron chi connectivity index (χ1n) is 6.20. The molecule has 1 aromatic rings. The molecular formula is C14H17FO3. The van der Waals surface area contributed by atoms with Gasteiger partial charge in [-0.2, -0.15) is 0 Å². The second-order valence-electron chi connectivity index (χ2n) is 5.07. The summed E-state index contributed by atoms with van der Waals surface area (Å²) in [5.41, 5.74) is -0.626. The molecule has 4 heteroatoms. The number of carbonyl (C=O) groups is 1. The van der Waals surface area contributed by atoms with E-state index in [2.05, 4.69) is 0 Å². The minimum absolute atomic E-state index is 0.0439. The number of aryl methyl sites for hydroxylation is 1. The summed E-state index contributed by atoms with van der Waals surface area (Å²) < 4.78 is 14.0. The Morgan fingerprint density at radius 3 is 2.44 bits per heavy atom. The number of carboxylic acid groups (broad SMARTS) is 1. The van der Waals surface area contributed by atoms with Crippen LogP contribution in [0, 0.1) is 12.7 Å². The molecule has 2 N–H and O–H groups in total. The molecule has 2 rings (SSSR count). The van der Waals surface area contributed by atoms with E-state index in [-0.39, 0.29) is 11.3 Å². The third-order valence-electron chi connectivity index (χ3n) is 3.92. The zero-order valence-corrected chi connectivity index (χ0v) is 10.4. The molecule has 1 saturated carbocycles. The molecule has 0 unspecified atom stereocenters. The summed E-state index contributed by atoms with van der Waals surface area (Å²) in [6, 6.07) is 2.49. The van der Waals surface area contributed by atoms with Crippen molar-refractivity contribution < 1.29 is 19.4 Å². The van der Waals surface area contributed by atoms with Crippen molar-refractivity contribution in [3.8, 4) is 5.75 Å². The van der Waals surface area contributed by atoms with E-state index in [9.17, 15) is 19.4 Å². The van der Waals surface area contributed by atoms with E-state index in [0.29, 0.717) is 18.4 Å². The molecule has 0 aliphatic heterocycles. The van der Waals surface area contributed by atoms with E-state index in [1.54, 1.807) is 6.92 Å². The third kappa shape index (κ3) is 1.96. The Balaban J connectivity index is 2.55. The van der Waals surface area contributed by atoms with Gasteiger partial charge in [0.05, 0.1) is 5.41 Å². The van der Waals surface area contributed by atoms with Gasteiger partial charge < -0.3 is 10.2 Å². The number of hydrogen-bond donors (Lipinski definition) is 2. The largest absolute Gasteiger partial charge is 0.508 e. The van der Waals surface area contributed by atoms with E-state index in [1.165, 1.54) is 12.1 Å². The third-order valence-corrected chi connectivity index (χ3v) is 3.92. The summed E-state index contributed by atoms with van der Waals surface area (Å²) in [5, 5.41) is 19.2. The summed E-state index contributed by atoms with van der Waals surface area (Å²) in [6.45, 7) is 1.59. The van der Waals surface area contributed by atoms with E-state index in [4.69, 9.17) is 0 Å². The molecule has 0 radical (unpaired) electrons. The van der Waals surface area contributed by atoms with Crippen LogP contribution in [0.5, 0.6) is 5.75 Å². The monoisotopic (exact) mass is 252 g/mol. The summed E-state index contributed by atoms with van der Waals surface area (Å²) in [5.74, 6) is -1.57. The molecule has 0 amide bonds. The molecule has 98 valence electrons. The lowest BCUT2D eigenvalue weighted by atomic mass is 9.69. The average molecular weight is 252 g/mol. The maximum atomic E-state index is 14.0. The molecule has 0 atom stereocenters. The van der Waals surface area contributed by atoms with Gasteiger partial charge in [0, 0.05) is 5.56 Å². The molecule has 0 aromatic heterocycles. The second-order valence-corrected chi connectivity index (χ2v) is 5.07. The van der Waals surface area contributed by atoms with Crippen LogP contribution < -0.4 is 0 Å². The van der Waals surface area contributed by atoms with Crippen molar-refractivity contribution in [2.24, 2.45) is 0 Å². The Morgan fingerprint density at radius 1 is 1.28 bits per heavy atom. The Hall–Kier alpha value is -1.58. The predicted molar refractivity (Wildman–Crippen MR) is 65.2 cm³/mol. The summed E-state index contributed by atoms with van der Waals surface area (Å²) >= 11 is 0. The van der Waals surface area contributed by atoms with Crippen molar-refractivity contribution in [3.63, 3.8) is 0 Å². The average Bonchev–Trinajstić information content (AvgIpc) is 2.34. The van der Waals surface area contributed by atoms with Crippen LogP contribution in [0.1, 0.15) is 43.2 Å². The van der Waals surface area contributed by atoms with E-state index in [0.717, 1.165) is 19.3 Å². The first-order chi connectivity index (χ1) is 8.47. The number of rotatable bonds is 2. The highest BCUT2D eigenvalue weighted by Gasteiger charge is 2.43. The van der Waals surface area contributed by atoms with E-state index < -0.39 is 17.2 Å². The maximum Gasteiger partial charge on any atom is 0.314 e. The van der Waals surface area contributed by atoms with Crippen molar-refractivity contribution in [2.45, 2.75) is 44.4 Å². The molecule has 0 saturated heterocycles. The van der Waals surface area contributed by atoms with E-state index in [1.807, 2.05) is 0 Å². The standard InChI is InChI=1S/C14H17FO3/c1-9-7-11(15)10(8-12(9)16)14(13(17)18)5-3-2-4-6-14/h7-8,16H,2-6H2,1H3,(H,17,18). The van der Waals surface area contributed by atoms with Crippen LogP contribution >= 0.6 is 0 Å². The van der Waals surface area contributed by atoms with Crippen molar-refractivity contribution in [1.82, 2.24) is 0 Å². The van der Waals surface area contributed by atoms with Gasteiger partial charge in [0.25, 0.3) is 0 Å². The number of phenols is 1. The second kappa shape index (κ2) is 4.59. The Labute approximate surface area is 105 Å². The van der Waals surface area contributed by atoms with Gasteiger partial charge in [-0.3, -0.25) is 4.79 Å². The molecular weight excluding hydrogens is 235 g/mol. The smallest absolute Gasteiger partial charge is 0.314 e. The van der Waals surface area contributed by atoms with Gasteiger partial charge in [-0.1, -0.05) is 19.3 Å². The SMILES string of the molecule is Cc1cc(F)c(C2(C(=O)O)CCCCC2)cc1O. The van der Waals surface area contributed by atoms with Crippen molar-refractivity contribution >= 4 is 5.97 Å². The van der Waals surface area contributed by atoms with Crippen LogP contribution in [-0.4, -0.2) is 16.2 Å². The van der Waals surface area contributed by atoms with Crippen LogP contribution in [0.2, 0.25) is 0 Å². The van der Waals surface area contributed by atoms with E-state index >= 15 is 0 Å². The topological polar surface area (TPSA) is 57.5 Å². The number of halogens is 1. The minimum atomic E-state index is -1.17. The molecule has 0 heterocycles. The van der Waals surface area contributed by atoms with Gasteiger partial charge in [-0.15, -0.1) is 0 Å². The molecule has 1 aromatic carbocycles. The number of benzene rings is 1. The Bertz CT molecular complexity index is 476. The highest BCUT2D eigenvalue weighted by Crippen LogP contribution is 2.42. The van der Waals surface area contributed by atoms with Crippen LogP contribution in [-0.2, 0) is 10.2 Å². The fourth-order valence-electron chi connectivity index (χ4n) is 2.78. The first-order valence-corrected chi connectivity index (χ1v) is 6.20. The van der Waals surface area contributed by atoms with Crippen LogP contribution in [0.25, 0.3) is 0 Å². The molecule has 1 aliphatic rings. The van der Waals surface area contributed by atoms with Crippen molar-refractivity contribution in [2.75, 3.05) is 0 Å². The number of hydrogen-bond acceptors (Lipinski definition) is 2. The summed E-state index contributed by atoms with van der Waals surface area (Å²) in [7, 11) is 0. The minimum Gasteiger partial charge on any atom is -0.508 e. The zero-order chi connectivity index (χ0) is 13.3. The summed E-state index contributed by atoms with van der Waals surface area (Å²) in [6.07, 6.45) is 3.40. The lowest BCUT2D eigenvalue weighted by Crippen LogP contribution is -2.38. The molecule has 1 aliphatic carbocycles. The van der Waals surface area contributed by atoms with Gasteiger partial charge in [-0.05, 0) is 37.5 Å². The number of carboxylic acids is 1. The fourth-order valence-corrected chi connectivity index (χ4v) is 2.78. The lowest BCUT2D eigenvalue weighted by Gasteiger charge is -2.34. The van der Waals surface area contributed by atoms with Crippen molar-refractivity contribution in [1.29, 1.82) is 0 Å². The fraction of sp³-hybridized carbons (Fsp3) is 0.500. The van der Waals surface area contributed by atoms with Crippen LogP contribution in [0.15, 0.2) is 12.1 Å². The van der Waals surface area contributed by atoms with Gasteiger partial charge in [0.2, 0.25) is 0 Å². The highest BCUT2D eigenvalue weighted by atomic mass is 19.1. The molecule has 1 fully saturated rings. The predicted octanol–water partition coefficient (Wildman–Crippen LogP) is 3.13. The lowest BCUT2D eigenvalue weighted by molar-refractivity contribution is -0.145. The van der Waals surface area contributed by atoms with Gasteiger partial charge in [-0.25, -0.2) is 4.39 Å². The number of phenolic OH excluding ortho intramolecular Hbond substituents is 1. The number of aromatic hydroxyl groups is 1. The molecule has 0 spiro atoms. The Morgan fingerprint density at radius 2 is 1.89 bits per heavy atom. The molecule has 3 nitrogen and oxygen atoms in total. The molecule has 18 heavy (non-hydrogen) atoms.